The molecule has 1 aromatic rings. The summed E-state index contributed by atoms with van der Waals surface area (Å²) in [5.74, 6) is -0.380. The molecule has 5 heteroatoms. The summed E-state index contributed by atoms with van der Waals surface area (Å²) in [4.78, 5) is 2.10. The molecule has 0 aliphatic heterocycles. The number of rotatable bonds is 4. The average Bonchev–Trinajstić information content (AvgIpc) is 2.22. The largest absolute Gasteiger partial charge is 0.329 e. The number of nitrogens with zero attached hydrogens (tertiary/aromatic N) is 1. The van der Waals surface area contributed by atoms with Crippen LogP contribution in [0.3, 0.4) is 0 Å². The van der Waals surface area contributed by atoms with Crippen molar-refractivity contribution in [1.82, 2.24) is 4.90 Å². The molecule has 0 saturated heterocycles. The number of nitrogens with two attached hydrogens (primary N) is 1. The number of benzene rings is 1. The summed E-state index contributed by atoms with van der Waals surface area (Å²) in [7, 11) is 1.98. The Morgan fingerprint density at radius 1 is 1.50 bits per heavy atom. The topological polar surface area (TPSA) is 29.3 Å². The van der Waals surface area contributed by atoms with E-state index < -0.39 is 0 Å². The van der Waals surface area contributed by atoms with E-state index in [4.69, 9.17) is 17.3 Å². The summed E-state index contributed by atoms with van der Waals surface area (Å²) >= 11 is 5.69. The molecule has 1 unspecified atom stereocenters. The zero-order valence-corrected chi connectivity index (χ0v) is 11.0. The van der Waals surface area contributed by atoms with Crippen LogP contribution < -0.4 is 5.73 Å². The van der Waals surface area contributed by atoms with Gasteiger partial charge in [0.1, 0.15) is 5.82 Å². The zero-order valence-electron chi connectivity index (χ0n) is 9.41. The Balaban J connectivity index is 0.00000225. The van der Waals surface area contributed by atoms with Crippen LogP contribution in [0, 0.1) is 5.82 Å². The van der Waals surface area contributed by atoms with Gasteiger partial charge in [-0.15, -0.1) is 12.4 Å². The van der Waals surface area contributed by atoms with E-state index in [0.29, 0.717) is 12.6 Å². The van der Waals surface area contributed by atoms with Crippen molar-refractivity contribution in [2.24, 2.45) is 5.73 Å². The summed E-state index contributed by atoms with van der Waals surface area (Å²) < 4.78 is 12.9. The molecule has 92 valence electrons. The highest BCUT2D eigenvalue weighted by Crippen LogP contribution is 2.17. The van der Waals surface area contributed by atoms with Gasteiger partial charge in [-0.3, -0.25) is 4.90 Å². The minimum absolute atomic E-state index is 0. The average molecular weight is 267 g/mol. The maximum atomic E-state index is 12.9. The molecule has 0 aliphatic rings. The first-order chi connectivity index (χ1) is 7.04. The van der Waals surface area contributed by atoms with Crippen molar-refractivity contribution in [3.05, 3.63) is 34.6 Å². The number of hydrogen-bond acceptors (Lipinski definition) is 2. The molecule has 0 fully saturated rings. The molecule has 0 spiro atoms. The second kappa shape index (κ2) is 7.07. The Hall–Kier alpha value is -0.350. The third-order valence-corrected chi connectivity index (χ3v) is 2.80. The van der Waals surface area contributed by atoms with Gasteiger partial charge in [-0.25, -0.2) is 4.39 Å². The molecule has 0 radical (unpaired) electrons. The van der Waals surface area contributed by atoms with Crippen LogP contribution in [0.1, 0.15) is 12.5 Å². The lowest BCUT2D eigenvalue weighted by atomic mass is 10.2. The molecule has 2 N–H and O–H groups in total. The van der Waals surface area contributed by atoms with E-state index >= 15 is 0 Å². The Morgan fingerprint density at radius 2 is 2.12 bits per heavy atom. The predicted octanol–water partition coefficient (Wildman–Crippen LogP) is 2.68. The maximum Gasteiger partial charge on any atom is 0.141 e. The van der Waals surface area contributed by atoms with Crippen LogP contribution in [0.4, 0.5) is 4.39 Å². The molecule has 0 aromatic heterocycles. The monoisotopic (exact) mass is 266 g/mol. The highest BCUT2D eigenvalue weighted by atomic mass is 35.5. The fraction of sp³-hybridized carbons (Fsp3) is 0.455. The maximum absolute atomic E-state index is 12.9. The van der Waals surface area contributed by atoms with Crippen molar-refractivity contribution in [2.75, 3.05) is 13.6 Å². The highest BCUT2D eigenvalue weighted by Gasteiger charge is 2.08. The molecule has 1 atom stereocenters. The number of halogens is 3. The van der Waals surface area contributed by atoms with Gasteiger partial charge in [0.05, 0.1) is 5.02 Å². The van der Waals surface area contributed by atoms with Crippen LogP contribution in [-0.4, -0.2) is 24.5 Å². The molecule has 0 amide bonds. The van der Waals surface area contributed by atoms with E-state index in [0.717, 1.165) is 12.1 Å². The molecule has 0 bridgehead atoms. The third-order valence-electron chi connectivity index (χ3n) is 2.51. The van der Waals surface area contributed by atoms with E-state index in [1.54, 1.807) is 12.1 Å². The van der Waals surface area contributed by atoms with Gasteiger partial charge in [-0.05, 0) is 31.7 Å². The lowest BCUT2D eigenvalue weighted by molar-refractivity contribution is 0.255. The van der Waals surface area contributed by atoms with Gasteiger partial charge in [0.2, 0.25) is 0 Å². The van der Waals surface area contributed by atoms with Crippen LogP contribution >= 0.6 is 24.0 Å². The molecule has 0 aliphatic carbocycles. The van der Waals surface area contributed by atoms with Crippen LogP contribution in [0.25, 0.3) is 0 Å². The van der Waals surface area contributed by atoms with Crippen molar-refractivity contribution in [3.8, 4) is 0 Å². The zero-order chi connectivity index (χ0) is 11.4. The SMILES string of the molecule is CC(CN)N(C)Cc1ccc(F)c(Cl)c1.Cl. The Morgan fingerprint density at radius 3 is 2.62 bits per heavy atom. The molecule has 2 nitrogen and oxygen atoms in total. The van der Waals surface area contributed by atoms with Gasteiger partial charge >= 0.3 is 0 Å². The minimum atomic E-state index is -0.380. The Labute approximate surface area is 107 Å². The number of likely N-dealkylation sites (N-methyl/N-ethyl adjacent to an activating group) is 1. The summed E-state index contributed by atoms with van der Waals surface area (Å²) in [6.07, 6.45) is 0. The first-order valence-corrected chi connectivity index (χ1v) is 5.26. The first kappa shape index (κ1) is 15.7. The third kappa shape index (κ3) is 4.26. The van der Waals surface area contributed by atoms with Crippen LogP contribution in [0.2, 0.25) is 5.02 Å². The molecule has 1 aromatic carbocycles. The van der Waals surface area contributed by atoms with Crippen molar-refractivity contribution in [1.29, 1.82) is 0 Å². The van der Waals surface area contributed by atoms with Gasteiger partial charge in [-0.1, -0.05) is 17.7 Å². The first-order valence-electron chi connectivity index (χ1n) is 4.89. The normalized spacial score (nSPS) is 12.4. The smallest absolute Gasteiger partial charge is 0.141 e. The van der Waals surface area contributed by atoms with Crippen molar-refractivity contribution < 1.29 is 4.39 Å². The minimum Gasteiger partial charge on any atom is -0.329 e. The van der Waals surface area contributed by atoms with Gasteiger partial charge in [-0.2, -0.15) is 0 Å². The molecule has 0 saturated carbocycles. The number of hydrogen-bond donors (Lipinski definition) is 1. The molecule has 1 rings (SSSR count). The van der Waals surface area contributed by atoms with E-state index in [-0.39, 0.29) is 23.2 Å². The van der Waals surface area contributed by atoms with Gasteiger partial charge in [0, 0.05) is 19.1 Å². The summed E-state index contributed by atoms with van der Waals surface area (Å²) in [5, 5.41) is 0.168. The van der Waals surface area contributed by atoms with E-state index in [2.05, 4.69) is 4.90 Å². The summed E-state index contributed by atoms with van der Waals surface area (Å²) in [5.41, 5.74) is 6.54. The quantitative estimate of drug-likeness (QED) is 0.908. The van der Waals surface area contributed by atoms with Crippen molar-refractivity contribution >= 4 is 24.0 Å². The van der Waals surface area contributed by atoms with Gasteiger partial charge in [0.15, 0.2) is 0 Å². The van der Waals surface area contributed by atoms with E-state index in [1.807, 2.05) is 14.0 Å². The van der Waals surface area contributed by atoms with Crippen molar-refractivity contribution in [3.63, 3.8) is 0 Å². The van der Waals surface area contributed by atoms with Crippen LogP contribution in [0.5, 0.6) is 0 Å². The molecule has 0 heterocycles. The fourth-order valence-corrected chi connectivity index (χ4v) is 1.46. The second-order valence-electron chi connectivity index (χ2n) is 3.75. The Kier molecular flexibility index (Phi) is 6.91. The Bertz CT molecular complexity index is 334. The highest BCUT2D eigenvalue weighted by molar-refractivity contribution is 6.30. The molecular formula is C11H17Cl2FN2. The van der Waals surface area contributed by atoms with Crippen LogP contribution in [-0.2, 0) is 6.54 Å². The van der Waals surface area contributed by atoms with Gasteiger partial charge in [0.25, 0.3) is 0 Å². The van der Waals surface area contributed by atoms with Crippen molar-refractivity contribution in [2.45, 2.75) is 19.5 Å². The lowest BCUT2D eigenvalue weighted by Crippen LogP contribution is -2.34. The summed E-state index contributed by atoms with van der Waals surface area (Å²) in [6, 6.07) is 5.07. The van der Waals surface area contributed by atoms with Crippen LogP contribution in [0.15, 0.2) is 18.2 Å². The lowest BCUT2D eigenvalue weighted by Gasteiger charge is -2.23. The standard InChI is InChI=1S/C11H16ClFN2.ClH/c1-8(6-14)15(2)7-9-3-4-11(13)10(12)5-9;/h3-5,8H,6-7,14H2,1-2H3;1H. The van der Waals surface area contributed by atoms with Gasteiger partial charge < -0.3 is 5.73 Å². The second-order valence-corrected chi connectivity index (χ2v) is 4.16. The molecular weight excluding hydrogens is 250 g/mol. The fourth-order valence-electron chi connectivity index (χ4n) is 1.26. The predicted molar refractivity (Wildman–Crippen MR) is 68.6 cm³/mol. The van der Waals surface area contributed by atoms with E-state index in [9.17, 15) is 4.39 Å². The van der Waals surface area contributed by atoms with E-state index in [1.165, 1.54) is 6.07 Å². The summed E-state index contributed by atoms with van der Waals surface area (Å²) in [6.45, 7) is 3.37. The molecule has 16 heavy (non-hydrogen) atoms.